The minimum absolute atomic E-state index is 0.0000491. The first-order valence-electron chi connectivity index (χ1n) is 7.17. The number of benzene rings is 1. The lowest BCUT2D eigenvalue weighted by Crippen LogP contribution is -2.39. The molecule has 0 saturated carbocycles. The Morgan fingerprint density at radius 3 is 2.47 bits per heavy atom. The van der Waals surface area contributed by atoms with Gasteiger partial charge in [0.1, 0.15) is 0 Å². The Labute approximate surface area is 116 Å². The molecule has 0 spiro atoms. The van der Waals surface area contributed by atoms with Gasteiger partial charge in [-0.3, -0.25) is 4.79 Å². The van der Waals surface area contributed by atoms with Crippen molar-refractivity contribution in [3.05, 3.63) is 28.8 Å². The van der Waals surface area contributed by atoms with Crippen LogP contribution in [0.4, 0.5) is 5.69 Å². The number of nitrogens with zero attached hydrogens (tertiary/aromatic N) is 1. The van der Waals surface area contributed by atoms with Crippen LogP contribution < -0.4 is 10.2 Å². The fraction of sp³-hybridized carbons (Fsp3) is 0.562. The maximum absolute atomic E-state index is 12.5. The standard InChI is InChI=1S/C16H24N2O/c1-5-7-17-14-6-8-18(16(14)19)15-12(3)9-11(2)10-13(15)4/h9-10,14,17H,5-8H2,1-4H3. The van der Waals surface area contributed by atoms with Gasteiger partial charge in [-0.2, -0.15) is 0 Å². The molecule has 0 bridgehead atoms. The highest BCUT2D eigenvalue weighted by molar-refractivity contribution is 6.00. The van der Waals surface area contributed by atoms with E-state index in [0.717, 1.165) is 31.6 Å². The average molecular weight is 260 g/mol. The molecule has 1 aromatic rings. The molecule has 1 atom stereocenters. The number of rotatable bonds is 4. The number of hydrogen-bond donors (Lipinski definition) is 1. The van der Waals surface area contributed by atoms with Crippen molar-refractivity contribution in [3.8, 4) is 0 Å². The molecule has 1 heterocycles. The van der Waals surface area contributed by atoms with Crippen molar-refractivity contribution in [2.24, 2.45) is 0 Å². The second kappa shape index (κ2) is 5.74. The van der Waals surface area contributed by atoms with Crippen LogP contribution in [0.5, 0.6) is 0 Å². The van der Waals surface area contributed by atoms with Crippen LogP contribution in [-0.2, 0) is 4.79 Å². The van der Waals surface area contributed by atoms with E-state index in [1.54, 1.807) is 0 Å². The predicted molar refractivity (Wildman–Crippen MR) is 79.7 cm³/mol. The first kappa shape index (κ1) is 14.1. The summed E-state index contributed by atoms with van der Waals surface area (Å²) >= 11 is 0. The van der Waals surface area contributed by atoms with Gasteiger partial charge < -0.3 is 10.2 Å². The number of amides is 1. The summed E-state index contributed by atoms with van der Waals surface area (Å²) in [6.45, 7) is 10.1. The lowest BCUT2D eigenvalue weighted by molar-refractivity contribution is -0.118. The second-order valence-electron chi connectivity index (χ2n) is 5.53. The van der Waals surface area contributed by atoms with E-state index in [9.17, 15) is 4.79 Å². The minimum atomic E-state index is 0.0000491. The number of aryl methyl sites for hydroxylation is 3. The molecule has 1 N–H and O–H groups in total. The molecular formula is C16H24N2O. The van der Waals surface area contributed by atoms with E-state index in [-0.39, 0.29) is 11.9 Å². The van der Waals surface area contributed by atoms with Gasteiger partial charge in [-0.1, -0.05) is 24.6 Å². The van der Waals surface area contributed by atoms with Gasteiger partial charge in [0.25, 0.3) is 0 Å². The van der Waals surface area contributed by atoms with Gasteiger partial charge in [-0.25, -0.2) is 0 Å². The normalized spacial score (nSPS) is 19.3. The molecule has 104 valence electrons. The molecule has 3 nitrogen and oxygen atoms in total. The zero-order chi connectivity index (χ0) is 14.0. The fourth-order valence-electron chi connectivity index (χ4n) is 3.01. The molecule has 1 aliphatic heterocycles. The van der Waals surface area contributed by atoms with Crippen molar-refractivity contribution in [3.63, 3.8) is 0 Å². The van der Waals surface area contributed by atoms with Crippen LogP contribution in [0.15, 0.2) is 12.1 Å². The SMILES string of the molecule is CCCNC1CCN(c2c(C)cc(C)cc2C)C1=O. The van der Waals surface area contributed by atoms with Crippen molar-refractivity contribution < 1.29 is 4.79 Å². The van der Waals surface area contributed by atoms with Crippen molar-refractivity contribution >= 4 is 11.6 Å². The molecule has 0 aliphatic carbocycles. The second-order valence-corrected chi connectivity index (χ2v) is 5.53. The van der Waals surface area contributed by atoms with Crippen LogP contribution in [0, 0.1) is 20.8 Å². The number of hydrogen-bond acceptors (Lipinski definition) is 2. The van der Waals surface area contributed by atoms with E-state index in [1.807, 2.05) is 4.90 Å². The van der Waals surface area contributed by atoms with Crippen LogP contribution >= 0.6 is 0 Å². The molecule has 1 amide bonds. The van der Waals surface area contributed by atoms with E-state index in [4.69, 9.17) is 0 Å². The highest BCUT2D eigenvalue weighted by Gasteiger charge is 2.33. The van der Waals surface area contributed by atoms with Crippen LogP contribution in [-0.4, -0.2) is 25.0 Å². The van der Waals surface area contributed by atoms with Gasteiger partial charge >= 0.3 is 0 Å². The molecule has 19 heavy (non-hydrogen) atoms. The molecule has 0 radical (unpaired) electrons. The third-order valence-corrected chi connectivity index (χ3v) is 3.75. The Morgan fingerprint density at radius 1 is 1.26 bits per heavy atom. The zero-order valence-electron chi connectivity index (χ0n) is 12.4. The van der Waals surface area contributed by atoms with Crippen molar-refractivity contribution in [2.75, 3.05) is 18.0 Å². The summed E-state index contributed by atoms with van der Waals surface area (Å²) in [5.74, 6) is 0.225. The highest BCUT2D eigenvalue weighted by atomic mass is 16.2. The fourth-order valence-corrected chi connectivity index (χ4v) is 3.01. The van der Waals surface area contributed by atoms with Gasteiger partial charge in [-0.15, -0.1) is 0 Å². The number of anilines is 1. The molecular weight excluding hydrogens is 236 g/mol. The van der Waals surface area contributed by atoms with Crippen LogP contribution in [0.3, 0.4) is 0 Å². The predicted octanol–water partition coefficient (Wildman–Crippen LogP) is 2.72. The summed E-state index contributed by atoms with van der Waals surface area (Å²) in [7, 11) is 0. The monoisotopic (exact) mass is 260 g/mol. The quantitative estimate of drug-likeness (QED) is 0.902. The summed E-state index contributed by atoms with van der Waals surface area (Å²) in [6.07, 6.45) is 1.97. The van der Waals surface area contributed by atoms with Gasteiger partial charge in [0, 0.05) is 12.2 Å². The van der Waals surface area contributed by atoms with Gasteiger partial charge in [0.2, 0.25) is 5.91 Å². The first-order valence-corrected chi connectivity index (χ1v) is 7.17. The maximum Gasteiger partial charge on any atom is 0.244 e. The summed E-state index contributed by atoms with van der Waals surface area (Å²) in [4.78, 5) is 14.4. The third-order valence-electron chi connectivity index (χ3n) is 3.75. The van der Waals surface area contributed by atoms with Crippen molar-refractivity contribution in [2.45, 2.75) is 46.6 Å². The maximum atomic E-state index is 12.5. The Hall–Kier alpha value is -1.35. The molecule has 1 aliphatic rings. The van der Waals surface area contributed by atoms with Crippen LogP contribution in [0.1, 0.15) is 36.5 Å². The van der Waals surface area contributed by atoms with Crippen LogP contribution in [0.25, 0.3) is 0 Å². The van der Waals surface area contributed by atoms with Gasteiger partial charge in [0.05, 0.1) is 6.04 Å². The van der Waals surface area contributed by atoms with Crippen molar-refractivity contribution in [1.29, 1.82) is 0 Å². The van der Waals surface area contributed by atoms with E-state index in [1.165, 1.54) is 16.7 Å². The Kier molecular flexibility index (Phi) is 4.25. The number of carbonyl (C=O) groups is 1. The molecule has 1 aromatic carbocycles. The first-order chi connectivity index (χ1) is 9.04. The van der Waals surface area contributed by atoms with Crippen molar-refractivity contribution in [1.82, 2.24) is 5.32 Å². The average Bonchev–Trinajstić information content (AvgIpc) is 2.68. The topological polar surface area (TPSA) is 32.3 Å². The van der Waals surface area contributed by atoms with E-state index in [0.29, 0.717) is 0 Å². The Balaban J connectivity index is 2.22. The van der Waals surface area contributed by atoms with E-state index >= 15 is 0 Å². The Bertz CT molecular complexity index is 459. The highest BCUT2D eigenvalue weighted by Crippen LogP contribution is 2.29. The smallest absolute Gasteiger partial charge is 0.244 e. The van der Waals surface area contributed by atoms with E-state index < -0.39 is 0 Å². The van der Waals surface area contributed by atoms with Gasteiger partial charge in [0.15, 0.2) is 0 Å². The number of nitrogens with one attached hydrogen (secondary N) is 1. The van der Waals surface area contributed by atoms with Gasteiger partial charge in [-0.05, 0) is 51.3 Å². The summed E-state index contributed by atoms with van der Waals surface area (Å²) in [6, 6.07) is 4.31. The van der Waals surface area contributed by atoms with E-state index in [2.05, 4.69) is 45.1 Å². The molecule has 1 saturated heterocycles. The molecule has 2 rings (SSSR count). The van der Waals surface area contributed by atoms with Crippen LogP contribution in [0.2, 0.25) is 0 Å². The molecule has 1 fully saturated rings. The Morgan fingerprint density at radius 2 is 1.89 bits per heavy atom. The summed E-state index contributed by atoms with van der Waals surface area (Å²) in [5.41, 5.74) is 4.76. The number of carbonyl (C=O) groups excluding carboxylic acids is 1. The lowest BCUT2D eigenvalue weighted by atomic mass is 10.0. The third kappa shape index (κ3) is 2.81. The molecule has 3 heteroatoms. The molecule has 1 unspecified atom stereocenters. The zero-order valence-corrected chi connectivity index (χ0v) is 12.4. The minimum Gasteiger partial charge on any atom is -0.310 e. The summed E-state index contributed by atoms with van der Waals surface area (Å²) in [5, 5.41) is 3.34. The summed E-state index contributed by atoms with van der Waals surface area (Å²) < 4.78 is 0. The molecule has 0 aromatic heterocycles. The lowest BCUT2D eigenvalue weighted by Gasteiger charge is -2.22. The largest absolute Gasteiger partial charge is 0.310 e.